The minimum absolute atomic E-state index is 0.695. The summed E-state index contributed by atoms with van der Waals surface area (Å²) in [4.78, 5) is 10.1. The van der Waals surface area contributed by atoms with Gasteiger partial charge >= 0.3 is 0 Å². The van der Waals surface area contributed by atoms with E-state index in [9.17, 15) is 0 Å². The third-order valence-electron chi connectivity index (χ3n) is 2.81. The minimum atomic E-state index is 0.695. The predicted octanol–water partition coefficient (Wildman–Crippen LogP) is 3.98. The van der Waals surface area contributed by atoms with Crippen molar-refractivity contribution in [3.63, 3.8) is 0 Å². The Hall–Kier alpha value is -1.55. The third-order valence-corrected chi connectivity index (χ3v) is 4.08. The molecule has 0 amide bonds. The maximum atomic E-state index is 4.57. The highest BCUT2D eigenvalue weighted by Gasteiger charge is 2.07. The van der Waals surface area contributed by atoms with E-state index in [1.165, 1.54) is 16.0 Å². The second-order valence-electron chi connectivity index (χ2n) is 4.58. The molecule has 3 nitrogen and oxygen atoms in total. The van der Waals surface area contributed by atoms with Gasteiger partial charge in [0.25, 0.3) is 0 Å². The smallest absolute Gasteiger partial charge is 0.223 e. The van der Waals surface area contributed by atoms with Crippen LogP contribution in [0.4, 0.5) is 5.95 Å². The van der Waals surface area contributed by atoms with Gasteiger partial charge in [0.2, 0.25) is 5.95 Å². The molecule has 100 valence electrons. The standard InChI is InChI=1S/C15H19N3S/c1-5-16-15-17-9-12(4)14(18-15)19-13-8-10(2)6-7-11(13)3/h6-9H,5H2,1-4H3,(H,16,17,18). The van der Waals surface area contributed by atoms with Crippen molar-refractivity contribution in [1.29, 1.82) is 0 Å². The van der Waals surface area contributed by atoms with Gasteiger partial charge < -0.3 is 5.32 Å². The summed E-state index contributed by atoms with van der Waals surface area (Å²) in [6.45, 7) is 9.16. The Morgan fingerprint density at radius 3 is 2.68 bits per heavy atom. The van der Waals surface area contributed by atoms with E-state index in [-0.39, 0.29) is 0 Å². The minimum Gasteiger partial charge on any atom is -0.354 e. The molecule has 2 rings (SSSR count). The Labute approximate surface area is 118 Å². The normalized spacial score (nSPS) is 10.5. The lowest BCUT2D eigenvalue weighted by molar-refractivity contribution is 0.982. The number of nitrogens with zero attached hydrogens (tertiary/aromatic N) is 2. The van der Waals surface area contributed by atoms with Gasteiger partial charge in [-0.25, -0.2) is 9.97 Å². The molecule has 1 aromatic heterocycles. The van der Waals surface area contributed by atoms with Crippen molar-refractivity contribution < 1.29 is 0 Å². The molecule has 0 aliphatic carbocycles. The molecule has 0 spiro atoms. The van der Waals surface area contributed by atoms with Crippen molar-refractivity contribution in [2.24, 2.45) is 0 Å². The number of benzene rings is 1. The number of aromatic nitrogens is 2. The quantitative estimate of drug-likeness (QED) is 0.855. The van der Waals surface area contributed by atoms with Crippen LogP contribution in [0.25, 0.3) is 0 Å². The zero-order valence-corrected chi connectivity index (χ0v) is 12.6. The van der Waals surface area contributed by atoms with Crippen molar-refractivity contribution >= 4 is 17.7 Å². The first-order chi connectivity index (χ1) is 9.10. The van der Waals surface area contributed by atoms with Crippen molar-refractivity contribution in [1.82, 2.24) is 9.97 Å². The van der Waals surface area contributed by atoms with E-state index in [0.717, 1.165) is 17.1 Å². The van der Waals surface area contributed by atoms with Gasteiger partial charge in [0.15, 0.2) is 0 Å². The molecule has 0 aliphatic heterocycles. The lowest BCUT2D eigenvalue weighted by Gasteiger charge is -2.09. The van der Waals surface area contributed by atoms with Crippen molar-refractivity contribution in [2.45, 2.75) is 37.6 Å². The zero-order valence-electron chi connectivity index (χ0n) is 11.8. The average Bonchev–Trinajstić information content (AvgIpc) is 2.38. The second-order valence-corrected chi connectivity index (χ2v) is 5.61. The Balaban J connectivity index is 2.31. The molecule has 0 radical (unpaired) electrons. The van der Waals surface area contributed by atoms with Gasteiger partial charge in [0.1, 0.15) is 5.03 Å². The fourth-order valence-corrected chi connectivity index (χ4v) is 2.72. The monoisotopic (exact) mass is 273 g/mol. The van der Waals surface area contributed by atoms with E-state index < -0.39 is 0 Å². The summed E-state index contributed by atoms with van der Waals surface area (Å²) in [5.41, 5.74) is 3.65. The van der Waals surface area contributed by atoms with Crippen LogP contribution in [0.15, 0.2) is 34.3 Å². The number of aryl methyl sites for hydroxylation is 3. The van der Waals surface area contributed by atoms with Crippen LogP contribution >= 0.6 is 11.8 Å². The molecule has 0 bridgehead atoms. The molecule has 0 saturated heterocycles. The topological polar surface area (TPSA) is 37.8 Å². The van der Waals surface area contributed by atoms with Crippen LogP contribution in [-0.2, 0) is 0 Å². The Morgan fingerprint density at radius 1 is 1.16 bits per heavy atom. The number of hydrogen-bond donors (Lipinski definition) is 1. The molecule has 1 heterocycles. The first-order valence-corrected chi connectivity index (χ1v) is 7.24. The summed E-state index contributed by atoms with van der Waals surface area (Å²) in [5, 5.41) is 4.16. The molecule has 0 unspecified atom stereocenters. The van der Waals surface area contributed by atoms with E-state index in [2.05, 4.69) is 47.3 Å². The van der Waals surface area contributed by atoms with Gasteiger partial charge in [-0.2, -0.15) is 0 Å². The largest absolute Gasteiger partial charge is 0.354 e. The van der Waals surface area contributed by atoms with Crippen molar-refractivity contribution in [3.05, 3.63) is 41.1 Å². The Kier molecular flexibility index (Phi) is 4.43. The summed E-state index contributed by atoms with van der Waals surface area (Å²) < 4.78 is 0. The number of rotatable bonds is 4. The Bertz CT molecular complexity index is 582. The van der Waals surface area contributed by atoms with E-state index in [1.807, 2.05) is 20.0 Å². The SMILES string of the molecule is CCNc1ncc(C)c(Sc2cc(C)ccc2C)n1. The molecular formula is C15H19N3S. The van der Waals surface area contributed by atoms with Crippen LogP contribution in [0.1, 0.15) is 23.6 Å². The summed E-state index contributed by atoms with van der Waals surface area (Å²) in [5.74, 6) is 0.695. The number of anilines is 1. The fraction of sp³-hybridized carbons (Fsp3) is 0.333. The van der Waals surface area contributed by atoms with Gasteiger partial charge in [-0.15, -0.1) is 0 Å². The summed E-state index contributed by atoms with van der Waals surface area (Å²) >= 11 is 1.70. The van der Waals surface area contributed by atoms with Gasteiger partial charge in [-0.05, 0) is 44.9 Å². The van der Waals surface area contributed by atoms with Gasteiger partial charge in [0.05, 0.1) is 0 Å². The van der Waals surface area contributed by atoms with Gasteiger partial charge in [0, 0.05) is 23.2 Å². The first kappa shape index (κ1) is 13.9. The van der Waals surface area contributed by atoms with Gasteiger partial charge in [-0.3, -0.25) is 0 Å². The van der Waals surface area contributed by atoms with Crippen LogP contribution in [-0.4, -0.2) is 16.5 Å². The van der Waals surface area contributed by atoms with E-state index in [4.69, 9.17) is 0 Å². The summed E-state index contributed by atoms with van der Waals surface area (Å²) in [6, 6.07) is 6.49. The highest BCUT2D eigenvalue weighted by Crippen LogP contribution is 2.31. The molecule has 0 atom stereocenters. The van der Waals surface area contributed by atoms with Crippen LogP contribution in [0.3, 0.4) is 0 Å². The molecule has 2 aromatic rings. The summed E-state index contributed by atoms with van der Waals surface area (Å²) in [6.07, 6.45) is 1.87. The molecule has 1 aromatic carbocycles. The van der Waals surface area contributed by atoms with Crippen LogP contribution in [0.5, 0.6) is 0 Å². The molecular weight excluding hydrogens is 254 g/mol. The van der Waals surface area contributed by atoms with Crippen LogP contribution < -0.4 is 5.32 Å². The lowest BCUT2D eigenvalue weighted by Crippen LogP contribution is -2.03. The van der Waals surface area contributed by atoms with Crippen molar-refractivity contribution in [3.8, 4) is 0 Å². The lowest BCUT2D eigenvalue weighted by atomic mass is 10.2. The summed E-state index contributed by atoms with van der Waals surface area (Å²) in [7, 11) is 0. The van der Waals surface area contributed by atoms with E-state index in [1.54, 1.807) is 11.8 Å². The number of hydrogen-bond acceptors (Lipinski definition) is 4. The molecule has 0 saturated carbocycles. The van der Waals surface area contributed by atoms with Crippen molar-refractivity contribution in [2.75, 3.05) is 11.9 Å². The van der Waals surface area contributed by atoms with Crippen LogP contribution in [0.2, 0.25) is 0 Å². The van der Waals surface area contributed by atoms with E-state index in [0.29, 0.717) is 5.95 Å². The average molecular weight is 273 g/mol. The molecule has 1 N–H and O–H groups in total. The van der Waals surface area contributed by atoms with Crippen LogP contribution in [0, 0.1) is 20.8 Å². The second kappa shape index (κ2) is 6.06. The Morgan fingerprint density at radius 2 is 1.95 bits per heavy atom. The highest BCUT2D eigenvalue weighted by molar-refractivity contribution is 7.99. The molecule has 0 fully saturated rings. The molecule has 4 heteroatoms. The maximum absolute atomic E-state index is 4.57. The number of nitrogens with one attached hydrogen (secondary N) is 1. The predicted molar refractivity (Wildman–Crippen MR) is 81.0 cm³/mol. The maximum Gasteiger partial charge on any atom is 0.223 e. The fourth-order valence-electron chi connectivity index (χ4n) is 1.69. The van der Waals surface area contributed by atoms with Gasteiger partial charge in [-0.1, -0.05) is 23.9 Å². The molecule has 19 heavy (non-hydrogen) atoms. The highest BCUT2D eigenvalue weighted by atomic mass is 32.2. The third kappa shape index (κ3) is 3.47. The first-order valence-electron chi connectivity index (χ1n) is 6.42. The van der Waals surface area contributed by atoms with E-state index >= 15 is 0 Å². The zero-order chi connectivity index (χ0) is 13.8. The molecule has 0 aliphatic rings.